The van der Waals surface area contributed by atoms with E-state index in [1.165, 1.54) is 0 Å². The van der Waals surface area contributed by atoms with Crippen molar-refractivity contribution in [2.75, 3.05) is 13.7 Å². The van der Waals surface area contributed by atoms with Crippen LogP contribution in [0.25, 0.3) is 0 Å². The summed E-state index contributed by atoms with van der Waals surface area (Å²) in [4.78, 5) is 14.6. The van der Waals surface area contributed by atoms with E-state index in [0.717, 1.165) is 6.54 Å². The predicted molar refractivity (Wildman–Crippen MR) is 82.0 cm³/mol. The minimum Gasteiger partial charge on any atom is -0.497 e. The Kier molecular flexibility index (Phi) is 4.62. The van der Waals surface area contributed by atoms with Gasteiger partial charge in [0.2, 0.25) is 0 Å². The molecule has 0 bridgehead atoms. The van der Waals surface area contributed by atoms with E-state index < -0.39 is 4.33 Å². The smallest absolute Gasteiger partial charge is 0.198 e. The van der Waals surface area contributed by atoms with Gasteiger partial charge in [-0.15, -0.1) is 0 Å². The van der Waals surface area contributed by atoms with E-state index >= 15 is 0 Å². The SMILES string of the molecule is COc1ccc(C(=O)C(Cl)(Cl)CC2CN2C(C)C)cc1. The summed E-state index contributed by atoms with van der Waals surface area (Å²) < 4.78 is 3.69. The van der Waals surface area contributed by atoms with Crippen LogP contribution in [-0.4, -0.2) is 40.8 Å². The van der Waals surface area contributed by atoms with Crippen molar-refractivity contribution in [3.63, 3.8) is 0 Å². The summed E-state index contributed by atoms with van der Waals surface area (Å²) in [6, 6.07) is 7.60. The molecule has 0 aromatic heterocycles. The van der Waals surface area contributed by atoms with Crippen LogP contribution in [0.2, 0.25) is 0 Å². The number of Topliss-reactive ketones (excluding diaryl/α,β-unsaturated/α-hetero) is 1. The zero-order chi connectivity index (χ0) is 14.9. The second-order valence-corrected chi connectivity index (χ2v) is 6.89. The minimum absolute atomic E-state index is 0.251. The van der Waals surface area contributed by atoms with Crippen molar-refractivity contribution in [1.82, 2.24) is 4.90 Å². The number of benzene rings is 1. The quantitative estimate of drug-likeness (QED) is 0.457. The molecule has 2 atom stereocenters. The van der Waals surface area contributed by atoms with Crippen LogP contribution >= 0.6 is 23.2 Å². The predicted octanol–water partition coefficient (Wildman–Crippen LogP) is 3.53. The van der Waals surface area contributed by atoms with Crippen LogP contribution in [0.5, 0.6) is 5.75 Å². The molecule has 1 fully saturated rings. The molecular formula is C15H19Cl2NO2. The topological polar surface area (TPSA) is 29.3 Å². The Morgan fingerprint density at radius 1 is 1.40 bits per heavy atom. The van der Waals surface area contributed by atoms with Crippen LogP contribution in [-0.2, 0) is 0 Å². The average Bonchev–Trinajstić information content (AvgIpc) is 3.16. The van der Waals surface area contributed by atoms with Crippen molar-refractivity contribution in [1.29, 1.82) is 0 Å². The van der Waals surface area contributed by atoms with E-state index in [1.807, 2.05) is 0 Å². The number of rotatable bonds is 6. The van der Waals surface area contributed by atoms with Gasteiger partial charge in [0.05, 0.1) is 7.11 Å². The highest BCUT2D eigenvalue weighted by Gasteiger charge is 2.45. The van der Waals surface area contributed by atoms with Crippen molar-refractivity contribution in [2.24, 2.45) is 0 Å². The molecule has 1 heterocycles. The maximum absolute atomic E-state index is 12.4. The molecule has 1 aromatic carbocycles. The molecule has 0 aliphatic carbocycles. The number of carbonyl (C=O) groups excluding carboxylic acids is 1. The molecule has 1 aliphatic heterocycles. The molecule has 0 spiro atoms. The fourth-order valence-corrected chi connectivity index (χ4v) is 2.93. The monoisotopic (exact) mass is 315 g/mol. The lowest BCUT2D eigenvalue weighted by Gasteiger charge is -2.19. The van der Waals surface area contributed by atoms with Crippen molar-refractivity contribution in [3.8, 4) is 5.75 Å². The maximum atomic E-state index is 12.4. The van der Waals surface area contributed by atoms with Crippen LogP contribution in [0.3, 0.4) is 0 Å². The Balaban J connectivity index is 2.02. The van der Waals surface area contributed by atoms with E-state index in [2.05, 4.69) is 18.7 Å². The lowest BCUT2D eigenvalue weighted by atomic mass is 10.0. The first-order valence-corrected chi connectivity index (χ1v) is 7.43. The van der Waals surface area contributed by atoms with Gasteiger partial charge >= 0.3 is 0 Å². The van der Waals surface area contributed by atoms with Crippen molar-refractivity contribution in [3.05, 3.63) is 29.8 Å². The summed E-state index contributed by atoms with van der Waals surface area (Å²) >= 11 is 12.5. The summed E-state index contributed by atoms with van der Waals surface area (Å²) in [6.45, 7) is 5.19. The first-order valence-electron chi connectivity index (χ1n) is 6.67. The Hall–Kier alpha value is -0.770. The largest absolute Gasteiger partial charge is 0.497 e. The number of hydrogen-bond donors (Lipinski definition) is 0. The van der Waals surface area contributed by atoms with Gasteiger partial charge in [0.25, 0.3) is 0 Å². The fraction of sp³-hybridized carbons (Fsp3) is 0.533. The number of halogens is 2. The van der Waals surface area contributed by atoms with Gasteiger partial charge in [0.1, 0.15) is 5.75 Å². The van der Waals surface area contributed by atoms with Crippen LogP contribution in [0.4, 0.5) is 0 Å². The van der Waals surface area contributed by atoms with Gasteiger partial charge in [-0.3, -0.25) is 9.69 Å². The maximum Gasteiger partial charge on any atom is 0.198 e. The van der Waals surface area contributed by atoms with Gasteiger partial charge < -0.3 is 4.74 Å². The third-order valence-electron chi connectivity index (χ3n) is 3.60. The van der Waals surface area contributed by atoms with E-state index in [9.17, 15) is 4.79 Å². The third kappa shape index (κ3) is 3.46. The highest BCUT2D eigenvalue weighted by atomic mass is 35.5. The molecule has 110 valence electrons. The third-order valence-corrected chi connectivity index (χ3v) is 4.25. The lowest BCUT2D eigenvalue weighted by Crippen LogP contribution is -2.29. The van der Waals surface area contributed by atoms with E-state index in [1.54, 1.807) is 31.4 Å². The van der Waals surface area contributed by atoms with E-state index in [0.29, 0.717) is 29.8 Å². The summed E-state index contributed by atoms with van der Waals surface area (Å²) in [5.74, 6) is 0.448. The molecule has 2 rings (SSSR count). The number of ether oxygens (including phenoxy) is 1. The molecule has 0 amide bonds. The number of nitrogens with zero attached hydrogens (tertiary/aromatic N) is 1. The normalized spacial score (nSPS) is 21.9. The van der Waals surface area contributed by atoms with Crippen LogP contribution in [0.1, 0.15) is 30.6 Å². The van der Waals surface area contributed by atoms with Crippen LogP contribution < -0.4 is 4.74 Å². The zero-order valence-electron chi connectivity index (χ0n) is 11.9. The summed E-state index contributed by atoms with van der Waals surface area (Å²) in [5.41, 5.74) is 0.507. The van der Waals surface area contributed by atoms with Crippen molar-refractivity contribution < 1.29 is 9.53 Å². The van der Waals surface area contributed by atoms with Gasteiger partial charge in [0.15, 0.2) is 10.1 Å². The minimum atomic E-state index is -1.37. The first-order chi connectivity index (χ1) is 9.35. The van der Waals surface area contributed by atoms with Gasteiger partial charge in [-0.2, -0.15) is 0 Å². The summed E-state index contributed by atoms with van der Waals surface area (Å²) in [7, 11) is 1.58. The molecule has 5 heteroatoms. The van der Waals surface area contributed by atoms with Gasteiger partial charge in [0, 0.05) is 30.6 Å². The number of carbonyl (C=O) groups is 1. The summed E-state index contributed by atoms with van der Waals surface area (Å²) in [5, 5.41) is 0. The summed E-state index contributed by atoms with van der Waals surface area (Å²) in [6.07, 6.45) is 0.457. The molecule has 1 aliphatic rings. The highest BCUT2D eigenvalue weighted by molar-refractivity contribution is 6.59. The van der Waals surface area contributed by atoms with Gasteiger partial charge in [-0.05, 0) is 38.1 Å². The van der Waals surface area contributed by atoms with Gasteiger partial charge in [-0.1, -0.05) is 23.2 Å². The number of alkyl halides is 2. The molecule has 1 aromatic rings. The average molecular weight is 316 g/mol. The highest BCUT2D eigenvalue weighted by Crippen LogP contribution is 2.37. The molecule has 3 nitrogen and oxygen atoms in total. The van der Waals surface area contributed by atoms with Crippen molar-refractivity contribution >= 4 is 29.0 Å². The van der Waals surface area contributed by atoms with Crippen LogP contribution in [0.15, 0.2) is 24.3 Å². The Bertz CT molecular complexity index is 485. The zero-order valence-corrected chi connectivity index (χ0v) is 13.4. The Morgan fingerprint density at radius 2 is 2.00 bits per heavy atom. The number of methoxy groups -OCH3 is 1. The second-order valence-electron chi connectivity index (χ2n) is 5.41. The molecule has 2 unspecified atom stereocenters. The second kappa shape index (κ2) is 5.92. The first kappa shape index (κ1) is 15.6. The molecular weight excluding hydrogens is 297 g/mol. The fourth-order valence-electron chi connectivity index (χ4n) is 2.35. The lowest BCUT2D eigenvalue weighted by molar-refractivity contribution is 0.0967. The Labute approximate surface area is 129 Å². The molecule has 0 radical (unpaired) electrons. The number of hydrogen-bond acceptors (Lipinski definition) is 3. The van der Waals surface area contributed by atoms with Crippen LogP contribution in [0, 0.1) is 0 Å². The molecule has 0 saturated carbocycles. The standard InChI is InChI=1S/C15H19Cl2NO2/c1-10(2)18-9-12(18)8-15(16,17)14(19)11-4-6-13(20-3)7-5-11/h4-7,10,12H,8-9H2,1-3H3. The molecule has 1 saturated heterocycles. The van der Waals surface area contributed by atoms with E-state index in [4.69, 9.17) is 27.9 Å². The molecule has 20 heavy (non-hydrogen) atoms. The molecule has 0 N–H and O–H groups in total. The Morgan fingerprint density at radius 3 is 2.45 bits per heavy atom. The van der Waals surface area contributed by atoms with E-state index in [-0.39, 0.29) is 5.78 Å². The van der Waals surface area contributed by atoms with Gasteiger partial charge in [-0.25, -0.2) is 0 Å². The number of ketones is 1. The van der Waals surface area contributed by atoms with Crippen molar-refractivity contribution in [2.45, 2.75) is 36.7 Å².